The fourth-order valence-electron chi connectivity index (χ4n) is 3.67. The Morgan fingerprint density at radius 1 is 1.26 bits per heavy atom. The molecule has 1 unspecified atom stereocenters. The van der Waals surface area contributed by atoms with Crippen LogP contribution in [-0.2, 0) is 6.54 Å². The maximum absolute atomic E-state index is 12.1. The smallest absolute Gasteiger partial charge is 0.275 e. The predicted octanol–water partition coefficient (Wildman–Crippen LogP) is 2.81. The summed E-state index contributed by atoms with van der Waals surface area (Å²) in [4.78, 5) is 19.6. The van der Waals surface area contributed by atoms with Crippen LogP contribution in [0.3, 0.4) is 0 Å². The van der Waals surface area contributed by atoms with Crippen molar-refractivity contribution in [1.82, 2.24) is 19.5 Å². The van der Waals surface area contributed by atoms with E-state index in [1.54, 1.807) is 14.2 Å². The van der Waals surface area contributed by atoms with Crippen LogP contribution in [0.1, 0.15) is 35.1 Å². The molecule has 7 nitrogen and oxygen atoms in total. The summed E-state index contributed by atoms with van der Waals surface area (Å²) in [5.41, 5.74) is 1.71. The molecule has 0 spiro atoms. The van der Waals surface area contributed by atoms with Crippen molar-refractivity contribution in [2.45, 2.75) is 32.4 Å². The third-order valence-corrected chi connectivity index (χ3v) is 5.81. The SMILES string of the molecule is COc1ccc(OC)c(C2CCCN2Cc2nn3c(=O)cc(C)nc3s2)c1. The Morgan fingerprint density at radius 3 is 2.89 bits per heavy atom. The van der Waals surface area contributed by atoms with E-state index < -0.39 is 0 Å². The van der Waals surface area contributed by atoms with Gasteiger partial charge in [0.1, 0.15) is 16.5 Å². The monoisotopic (exact) mass is 386 g/mol. The molecular weight excluding hydrogens is 364 g/mol. The number of nitrogens with zero attached hydrogens (tertiary/aromatic N) is 4. The number of aryl methyl sites for hydroxylation is 1. The Labute approximate surface area is 161 Å². The lowest BCUT2D eigenvalue weighted by Gasteiger charge is -2.25. The van der Waals surface area contributed by atoms with Crippen LogP contribution in [0, 0.1) is 6.92 Å². The van der Waals surface area contributed by atoms with E-state index in [1.807, 2.05) is 19.1 Å². The van der Waals surface area contributed by atoms with Gasteiger partial charge in [-0.25, -0.2) is 4.98 Å². The van der Waals surface area contributed by atoms with E-state index in [4.69, 9.17) is 9.47 Å². The molecule has 0 amide bonds. The molecule has 1 atom stereocenters. The molecule has 3 aromatic rings. The summed E-state index contributed by atoms with van der Waals surface area (Å²) >= 11 is 1.47. The van der Waals surface area contributed by atoms with Crippen LogP contribution in [-0.4, -0.2) is 40.3 Å². The van der Waals surface area contributed by atoms with Gasteiger partial charge < -0.3 is 9.47 Å². The van der Waals surface area contributed by atoms with Crippen molar-refractivity contribution < 1.29 is 9.47 Å². The van der Waals surface area contributed by atoms with E-state index in [9.17, 15) is 4.79 Å². The van der Waals surface area contributed by atoms with Gasteiger partial charge in [0.05, 0.1) is 20.8 Å². The number of fused-ring (bicyclic) bond motifs is 1. The first-order chi connectivity index (χ1) is 13.1. The van der Waals surface area contributed by atoms with Crippen molar-refractivity contribution in [1.29, 1.82) is 0 Å². The maximum Gasteiger partial charge on any atom is 0.275 e. The zero-order valence-electron chi connectivity index (χ0n) is 15.6. The van der Waals surface area contributed by atoms with Gasteiger partial charge in [-0.1, -0.05) is 11.3 Å². The summed E-state index contributed by atoms with van der Waals surface area (Å²) in [5, 5.41) is 5.37. The molecular formula is C19H22N4O3S. The van der Waals surface area contributed by atoms with Gasteiger partial charge in [0, 0.05) is 23.4 Å². The molecule has 3 heterocycles. The fraction of sp³-hybridized carbons (Fsp3) is 0.421. The van der Waals surface area contributed by atoms with Crippen LogP contribution in [0.25, 0.3) is 4.96 Å². The Hall–Kier alpha value is -2.45. The van der Waals surface area contributed by atoms with Crippen LogP contribution in [0.5, 0.6) is 11.5 Å². The van der Waals surface area contributed by atoms with Gasteiger partial charge in [0.25, 0.3) is 5.56 Å². The maximum atomic E-state index is 12.1. The van der Waals surface area contributed by atoms with Crippen molar-refractivity contribution in [2.75, 3.05) is 20.8 Å². The normalized spacial score (nSPS) is 17.5. The third kappa shape index (κ3) is 3.42. The summed E-state index contributed by atoms with van der Waals surface area (Å²) in [6.07, 6.45) is 2.15. The number of benzene rings is 1. The highest BCUT2D eigenvalue weighted by Gasteiger charge is 2.29. The quantitative estimate of drug-likeness (QED) is 0.672. The van der Waals surface area contributed by atoms with Gasteiger partial charge in [0.15, 0.2) is 0 Å². The molecule has 2 aromatic heterocycles. The van der Waals surface area contributed by atoms with Gasteiger partial charge in [-0.3, -0.25) is 9.69 Å². The molecule has 1 aliphatic rings. The first kappa shape index (κ1) is 17.9. The number of methoxy groups -OCH3 is 2. The van der Waals surface area contributed by atoms with Crippen molar-refractivity contribution >= 4 is 16.3 Å². The first-order valence-corrected chi connectivity index (χ1v) is 9.73. The average Bonchev–Trinajstić information content (AvgIpc) is 3.28. The van der Waals surface area contributed by atoms with Gasteiger partial charge in [0.2, 0.25) is 4.96 Å². The van der Waals surface area contributed by atoms with Crippen molar-refractivity contribution in [3.63, 3.8) is 0 Å². The number of likely N-dealkylation sites (tertiary alicyclic amines) is 1. The highest BCUT2D eigenvalue weighted by Crippen LogP contribution is 2.39. The Bertz CT molecular complexity index is 1030. The Morgan fingerprint density at radius 2 is 2.11 bits per heavy atom. The minimum Gasteiger partial charge on any atom is -0.497 e. The van der Waals surface area contributed by atoms with E-state index in [0.717, 1.165) is 47.2 Å². The topological polar surface area (TPSA) is 69.0 Å². The van der Waals surface area contributed by atoms with E-state index in [1.165, 1.54) is 21.9 Å². The zero-order valence-corrected chi connectivity index (χ0v) is 16.5. The minimum absolute atomic E-state index is 0.132. The molecule has 0 aliphatic carbocycles. The third-order valence-electron chi connectivity index (χ3n) is 4.91. The van der Waals surface area contributed by atoms with Gasteiger partial charge in [-0.2, -0.15) is 9.61 Å². The average molecular weight is 386 g/mol. The van der Waals surface area contributed by atoms with Crippen molar-refractivity contribution in [3.8, 4) is 11.5 Å². The van der Waals surface area contributed by atoms with Crippen LogP contribution in [0.2, 0.25) is 0 Å². The molecule has 0 bridgehead atoms. The lowest BCUT2D eigenvalue weighted by Crippen LogP contribution is -2.23. The molecule has 142 valence electrons. The van der Waals surface area contributed by atoms with Gasteiger partial charge >= 0.3 is 0 Å². The molecule has 1 aliphatic heterocycles. The van der Waals surface area contributed by atoms with Crippen LogP contribution < -0.4 is 15.0 Å². The van der Waals surface area contributed by atoms with E-state index in [-0.39, 0.29) is 11.6 Å². The van der Waals surface area contributed by atoms with Gasteiger partial charge in [-0.15, -0.1) is 0 Å². The second-order valence-electron chi connectivity index (χ2n) is 6.66. The number of rotatable bonds is 5. The summed E-state index contributed by atoms with van der Waals surface area (Å²) < 4.78 is 12.4. The standard InChI is InChI=1S/C19H22N4O3S/c1-12-9-18(24)23-19(20-12)27-17(21-23)11-22-8-4-5-15(22)14-10-13(25-2)6-7-16(14)26-3/h6-7,9-10,15H,4-5,8,11H2,1-3H3. The summed E-state index contributed by atoms with van der Waals surface area (Å²) in [6, 6.07) is 7.66. The number of hydrogen-bond acceptors (Lipinski definition) is 7. The lowest BCUT2D eigenvalue weighted by atomic mass is 10.0. The Balaban J connectivity index is 1.65. The van der Waals surface area contributed by atoms with Crippen LogP contribution >= 0.6 is 11.3 Å². The number of aromatic nitrogens is 3. The largest absolute Gasteiger partial charge is 0.497 e. The van der Waals surface area contributed by atoms with Gasteiger partial charge in [-0.05, 0) is 44.5 Å². The van der Waals surface area contributed by atoms with Crippen LogP contribution in [0.4, 0.5) is 0 Å². The fourth-order valence-corrected chi connectivity index (χ4v) is 4.64. The predicted molar refractivity (Wildman–Crippen MR) is 104 cm³/mol. The van der Waals surface area contributed by atoms with Crippen molar-refractivity contribution in [2.24, 2.45) is 0 Å². The van der Waals surface area contributed by atoms with E-state index in [0.29, 0.717) is 11.5 Å². The molecule has 4 rings (SSSR count). The van der Waals surface area contributed by atoms with Crippen molar-refractivity contribution in [3.05, 3.63) is 50.9 Å². The highest BCUT2D eigenvalue weighted by molar-refractivity contribution is 7.16. The highest BCUT2D eigenvalue weighted by atomic mass is 32.1. The summed E-state index contributed by atoms with van der Waals surface area (Å²) in [7, 11) is 3.37. The first-order valence-electron chi connectivity index (χ1n) is 8.91. The van der Waals surface area contributed by atoms with Crippen LogP contribution in [0.15, 0.2) is 29.1 Å². The molecule has 0 radical (unpaired) electrons. The molecule has 27 heavy (non-hydrogen) atoms. The number of hydrogen-bond donors (Lipinski definition) is 0. The molecule has 0 N–H and O–H groups in total. The summed E-state index contributed by atoms with van der Waals surface area (Å²) in [6.45, 7) is 3.48. The molecule has 8 heteroatoms. The molecule has 0 saturated carbocycles. The minimum atomic E-state index is -0.132. The van der Waals surface area contributed by atoms with E-state index in [2.05, 4.69) is 21.0 Å². The second-order valence-corrected chi connectivity index (χ2v) is 7.70. The zero-order chi connectivity index (χ0) is 19.0. The molecule has 1 saturated heterocycles. The lowest BCUT2D eigenvalue weighted by molar-refractivity contribution is 0.241. The molecule has 1 aromatic carbocycles. The second kappa shape index (κ2) is 7.28. The molecule has 1 fully saturated rings. The van der Waals surface area contributed by atoms with E-state index >= 15 is 0 Å². The number of ether oxygens (including phenoxy) is 2. The Kier molecular flexibility index (Phi) is 4.84. The summed E-state index contributed by atoms with van der Waals surface area (Å²) in [5.74, 6) is 1.69.